The Hall–Kier alpha value is -3.60. The normalized spacial score (nSPS) is 10.7. The number of carbonyl (C=O) groups excluding carboxylic acids is 1. The Balaban J connectivity index is 1.47. The van der Waals surface area contributed by atoms with Gasteiger partial charge in [-0.3, -0.25) is 4.79 Å². The van der Waals surface area contributed by atoms with Crippen molar-refractivity contribution in [3.63, 3.8) is 0 Å². The number of imidazole rings is 1. The molecule has 0 aliphatic heterocycles. The summed E-state index contributed by atoms with van der Waals surface area (Å²) in [5, 5.41) is 4.92. The highest BCUT2D eigenvalue weighted by atomic mass is 16.5. The average Bonchev–Trinajstić information content (AvgIpc) is 3.20. The van der Waals surface area contributed by atoms with E-state index in [2.05, 4.69) is 15.3 Å². The lowest BCUT2D eigenvalue weighted by Gasteiger charge is -2.07. The maximum absolute atomic E-state index is 12.6. The number of methoxy groups -OCH3 is 1. The molecule has 4 aromatic rings. The molecule has 0 fully saturated rings. The molecule has 1 aromatic heterocycles. The molecular formula is C22H19N3O2. The Morgan fingerprint density at radius 1 is 1.04 bits per heavy atom. The minimum atomic E-state index is -0.116. The quantitative estimate of drug-likeness (QED) is 0.563. The molecule has 5 heteroatoms. The minimum absolute atomic E-state index is 0.116. The molecule has 134 valence electrons. The van der Waals surface area contributed by atoms with Crippen molar-refractivity contribution in [1.29, 1.82) is 0 Å². The number of H-pyrrole nitrogens is 1. The lowest BCUT2D eigenvalue weighted by Crippen LogP contribution is -2.23. The monoisotopic (exact) mass is 357 g/mol. The molecule has 0 bridgehead atoms. The van der Waals surface area contributed by atoms with E-state index in [9.17, 15) is 4.79 Å². The molecule has 0 atom stereocenters. The topological polar surface area (TPSA) is 67.0 Å². The summed E-state index contributed by atoms with van der Waals surface area (Å²) in [6.45, 7) is 0.332. The predicted octanol–water partition coefficient (Wildman–Crippen LogP) is 4.17. The Morgan fingerprint density at radius 2 is 1.81 bits per heavy atom. The van der Waals surface area contributed by atoms with Crippen LogP contribution in [0.3, 0.4) is 0 Å². The molecule has 0 spiro atoms. The summed E-state index contributed by atoms with van der Waals surface area (Å²) in [7, 11) is 1.64. The van der Waals surface area contributed by atoms with Crippen LogP contribution in [0, 0.1) is 0 Å². The Kier molecular flexibility index (Phi) is 4.58. The largest absolute Gasteiger partial charge is 0.497 e. The molecule has 2 N–H and O–H groups in total. The van der Waals surface area contributed by atoms with E-state index in [0.717, 1.165) is 27.8 Å². The van der Waals surface area contributed by atoms with E-state index in [1.807, 2.05) is 66.7 Å². The number of aromatic nitrogens is 2. The smallest absolute Gasteiger partial charge is 0.252 e. The van der Waals surface area contributed by atoms with Crippen LogP contribution in [0.1, 0.15) is 16.2 Å². The summed E-state index contributed by atoms with van der Waals surface area (Å²) in [6, 6.07) is 21.3. The fraction of sp³-hybridized carbons (Fsp3) is 0.0909. The molecule has 3 aromatic carbocycles. The number of hydrogen-bond donors (Lipinski definition) is 2. The van der Waals surface area contributed by atoms with Crippen LogP contribution in [0.5, 0.6) is 5.75 Å². The molecule has 0 saturated carbocycles. The number of benzene rings is 3. The van der Waals surface area contributed by atoms with Gasteiger partial charge in [0.15, 0.2) is 0 Å². The number of hydrogen-bond acceptors (Lipinski definition) is 3. The molecule has 0 aliphatic carbocycles. The van der Waals surface area contributed by atoms with Gasteiger partial charge in [0.05, 0.1) is 25.5 Å². The van der Waals surface area contributed by atoms with Crippen LogP contribution in [-0.2, 0) is 6.54 Å². The van der Waals surface area contributed by atoms with Crippen LogP contribution < -0.4 is 10.1 Å². The molecule has 0 saturated heterocycles. The van der Waals surface area contributed by atoms with Crippen LogP contribution in [0.2, 0.25) is 0 Å². The van der Waals surface area contributed by atoms with Crippen LogP contribution in [0.4, 0.5) is 0 Å². The Bertz CT molecular complexity index is 1080. The van der Waals surface area contributed by atoms with Crippen LogP contribution in [0.15, 0.2) is 72.9 Å². The van der Waals surface area contributed by atoms with Gasteiger partial charge in [0.1, 0.15) is 11.6 Å². The van der Waals surface area contributed by atoms with Gasteiger partial charge in [-0.2, -0.15) is 0 Å². The second-order valence-corrected chi connectivity index (χ2v) is 6.18. The number of aromatic amines is 1. The summed E-state index contributed by atoms with van der Waals surface area (Å²) in [5.41, 5.74) is 2.57. The van der Waals surface area contributed by atoms with E-state index in [1.165, 1.54) is 0 Å². The van der Waals surface area contributed by atoms with Gasteiger partial charge in [-0.15, -0.1) is 0 Å². The molecule has 0 aliphatic rings. The van der Waals surface area contributed by atoms with Crippen molar-refractivity contribution in [1.82, 2.24) is 15.3 Å². The second kappa shape index (κ2) is 7.33. The predicted molar refractivity (Wildman–Crippen MR) is 106 cm³/mol. The van der Waals surface area contributed by atoms with Crippen molar-refractivity contribution < 1.29 is 9.53 Å². The molecule has 1 heterocycles. The molecule has 0 radical (unpaired) electrons. The third kappa shape index (κ3) is 3.53. The first kappa shape index (κ1) is 16.8. The highest BCUT2D eigenvalue weighted by molar-refractivity contribution is 6.06. The summed E-state index contributed by atoms with van der Waals surface area (Å²) in [4.78, 5) is 20.2. The Labute approximate surface area is 157 Å². The highest BCUT2D eigenvalue weighted by Gasteiger charge is 2.10. The summed E-state index contributed by atoms with van der Waals surface area (Å²) < 4.78 is 5.17. The van der Waals surface area contributed by atoms with Crippen molar-refractivity contribution in [3.05, 3.63) is 84.3 Å². The van der Waals surface area contributed by atoms with Crippen LogP contribution in [-0.4, -0.2) is 23.0 Å². The lowest BCUT2D eigenvalue weighted by atomic mass is 10.0. The molecule has 1 amide bonds. The van der Waals surface area contributed by atoms with Crippen molar-refractivity contribution in [2.24, 2.45) is 0 Å². The van der Waals surface area contributed by atoms with E-state index < -0.39 is 0 Å². The third-order valence-corrected chi connectivity index (χ3v) is 4.48. The average molecular weight is 357 g/mol. The zero-order valence-electron chi connectivity index (χ0n) is 14.9. The first-order valence-electron chi connectivity index (χ1n) is 8.69. The SMILES string of the molecule is COc1ccc(-c2cnc(CNC(=O)c3cccc4ccccc34)[nH]2)cc1. The van der Waals surface area contributed by atoms with Gasteiger partial charge >= 0.3 is 0 Å². The van der Waals surface area contributed by atoms with Crippen molar-refractivity contribution in [3.8, 4) is 17.0 Å². The molecule has 5 nitrogen and oxygen atoms in total. The second-order valence-electron chi connectivity index (χ2n) is 6.18. The fourth-order valence-corrected chi connectivity index (χ4v) is 3.05. The zero-order valence-corrected chi connectivity index (χ0v) is 14.9. The number of nitrogens with zero attached hydrogens (tertiary/aromatic N) is 1. The first-order chi connectivity index (χ1) is 13.2. The molecule has 0 unspecified atom stereocenters. The highest BCUT2D eigenvalue weighted by Crippen LogP contribution is 2.21. The maximum atomic E-state index is 12.6. The zero-order chi connectivity index (χ0) is 18.6. The van der Waals surface area contributed by atoms with E-state index in [4.69, 9.17) is 4.74 Å². The number of amides is 1. The van der Waals surface area contributed by atoms with Gasteiger partial charge in [0, 0.05) is 5.56 Å². The number of rotatable bonds is 5. The van der Waals surface area contributed by atoms with Gasteiger partial charge in [-0.1, -0.05) is 36.4 Å². The first-order valence-corrected chi connectivity index (χ1v) is 8.69. The van der Waals surface area contributed by atoms with Crippen LogP contribution >= 0.6 is 0 Å². The number of nitrogens with one attached hydrogen (secondary N) is 2. The summed E-state index contributed by atoms with van der Waals surface area (Å²) in [6.07, 6.45) is 1.77. The van der Waals surface area contributed by atoms with Crippen molar-refractivity contribution >= 4 is 16.7 Å². The lowest BCUT2D eigenvalue weighted by molar-refractivity contribution is 0.0951. The molecule has 4 rings (SSSR count). The van der Waals surface area contributed by atoms with Gasteiger partial charge in [0.2, 0.25) is 0 Å². The standard InChI is InChI=1S/C22H19N3O2/c1-27-17-11-9-16(10-12-17)20-13-23-21(25-20)14-24-22(26)19-8-4-6-15-5-2-3-7-18(15)19/h2-13H,14H2,1H3,(H,23,25)(H,24,26). The maximum Gasteiger partial charge on any atom is 0.252 e. The van der Waals surface area contributed by atoms with Crippen molar-refractivity contribution in [2.75, 3.05) is 7.11 Å². The minimum Gasteiger partial charge on any atom is -0.497 e. The van der Waals surface area contributed by atoms with E-state index in [1.54, 1.807) is 13.3 Å². The van der Waals surface area contributed by atoms with Gasteiger partial charge in [-0.25, -0.2) is 4.98 Å². The number of ether oxygens (including phenoxy) is 1. The fourth-order valence-electron chi connectivity index (χ4n) is 3.05. The third-order valence-electron chi connectivity index (χ3n) is 4.48. The van der Waals surface area contributed by atoms with E-state index in [-0.39, 0.29) is 5.91 Å². The molecule has 27 heavy (non-hydrogen) atoms. The molecular weight excluding hydrogens is 338 g/mol. The van der Waals surface area contributed by atoms with Gasteiger partial charge < -0.3 is 15.0 Å². The van der Waals surface area contributed by atoms with Gasteiger partial charge in [0.25, 0.3) is 5.91 Å². The number of fused-ring (bicyclic) bond motifs is 1. The van der Waals surface area contributed by atoms with E-state index in [0.29, 0.717) is 17.9 Å². The van der Waals surface area contributed by atoms with E-state index >= 15 is 0 Å². The summed E-state index contributed by atoms with van der Waals surface area (Å²) in [5.74, 6) is 1.39. The van der Waals surface area contributed by atoms with Gasteiger partial charge in [-0.05, 0) is 46.7 Å². The number of carbonyl (C=O) groups is 1. The van der Waals surface area contributed by atoms with Crippen molar-refractivity contribution in [2.45, 2.75) is 6.54 Å². The van der Waals surface area contributed by atoms with Crippen LogP contribution in [0.25, 0.3) is 22.0 Å². The Morgan fingerprint density at radius 3 is 2.63 bits per heavy atom. The summed E-state index contributed by atoms with van der Waals surface area (Å²) >= 11 is 0.